The summed E-state index contributed by atoms with van der Waals surface area (Å²) in [5, 5.41) is 3.35. The fraction of sp³-hybridized carbons (Fsp3) is 0.522. The Labute approximate surface area is 172 Å². The minimum Gasteiger partial charge on any atom is -0.481 e. The molecule has 1 saturated heterocycles. The molecule has 1 N–H and O–H groups in total. The van der Waals surface area contributed by atoms with Crippen LogP contribution in [0.2, 0.25) is 0 Å². The van der Waals surface area contributed by atoms with Gasteiger partial charge in [-0.25, -0.2) is 9.97 Å². The van der Waals surface area contributed by atoms with Crippen molar-refractivity contribution in [1.82, 2.24) is 20.2 Å². The molecule has 2 aliphatic heterocycles. The fourth-order valence-corrected chi connectivity index (χ4v) is 4.36. The number of likely N-dealkylation sites (tertiary alicyclic amines) is 1. The highest BCUT2D eigenvalue weighted by Gasteiger charge is 2.33. The van der Waals surface area contributed by atoms with E-state index < -0.39 is 6.10 Å². The van der Waals surface area contributed by atoms with Crippen molar-refractivity contribution in [2.24, 2.45) is 0 Å². The van der Waals surface area contributed by atoms with E-state index in [1.54, 1.807) is 0 Å². The van der Waals surface area contributed by atoms with Crippen molar-refractivity contribution >= 4 is 5.91 Å². The number of aryl methyl sites for hydroxylation is 2. The van der Waals surface area contributed by atoms with E-state index in [4.69, 9.17) is 9.72 Å². The van der Waals surface area contributed by atoms with Gasteiger partial charge in [-0.3, -0.25) is 4.79 Å². The molecule has 1 amide bonds. The molecule has 4 rings (SSSR count). The zero-order chi connectivity index (χ0) is 20.4. The van der Waals surface area contributed by atoms with Crippen LogP contribution in [0.25, 0.3) is 0 Å². The number of aromatic nitrogens is 2. The Balaban J connectivity index is 1.52. The van der Waals surface area contributed by atoms with Crippen molar-refractivity contribution in [3.05, 3.63) is 52.6 Å². The van der Waals surface area contributed by atoms with E-state index in [0.717, 1.165) is 73.7 Å². The number of carbonyl (C=O) groups is 1. The van der Waals surface area contributed by atoms with Gasteiger partial charge in [0.15, 0.2) is 11.9 Å². The Morgan fingerprint density at radius 2 is 2.03 bits per heavy atom. The van der Waals surface area contributed by atoms with Gasteiger partial charge in [0.25, 0.3) is 5.91 Å². The van der Waals surface area contributed by atoms with Crippen LogP contribution in [-0.2, 0) is 17.8 Å². The average Bonchev–Trinajstić information content (AvgIpc) is 2.72. The molecule has 0 bridgehead atoms. The number of benzene rings is 1. The van der Waals surface area contributed by atoms with Crippen molar-refractivity contribution in [2.45, 2.75) is 65.1 Å². The average molecular weight is 395 g/mol. The SMILES string of the molecule is Cc1cc(C)cc(O[C@@H](C)C(=O)N2CCCC[C@H]2c2ncc3c(n2)CCNC3)c1. The first-order chi connectivity index (χ1) is 14.0. The van der Waals surface area contributed by atoms with Gasteiger partial charge in [-0.15, -0.1) is 0 Å². The van der Waals surface area contributed by atoms with E-state index in [1.807, 2.05) is 44.0 Å². The summed E-state index contributed by atoms with van der Waals surface area (Å²) < 4.78 is 6.03. The molecule has 1 aromatic heterocycles. The number of fused-ring (bicyclic) bond motifs is 1. The van der Waals surface area contributed by atoms with Crippen molar-refractivity contribution < 1.29 is 9.53 Å². The third-order valence-electron chi connectivity index (χ3n) is 5.77. The summed E-state index contributed by atoms with van der Waals surface area (Å²) in [5.74, 6) is 1.53. The summed E-state index contributed by atoms with van der Waals surface area (Å²) in [6.07, 6.45) is 5.29. The maximum Gasteiger partial charge on any atom is 0.263 e. The minimum absolute atomic E-state index is 0.0110. The molecule has 0 unspecified atom stereocenters. The first kappa shape index (κ1) is 19.8. The van der Waals surface area contributed by atoms with Crippen molar-refractivity contribution in [3.8, 4) is 5.75 Å². The molecule has 154 valence electrons. The van der Waals surface area contributed by atoms with Gasteiger partial charge in [-0.1, -0.05) is 6.07 Å². The van der Waals surface area contributed by atoms with Gasteiger partial charge in [0, 0.05) is 43.5 Å². The topological polar surface area (TPSA) is 67.3 Å². The number of hydrogen-bond acceptors (Lipinski definition) is 5. The summed E-state index contributed by atoms with van der Waals surface area (Å²) in [6.45, 7) is 8.41. The molecule has 2 aromatic rings. The van der Waals surface area contributed by atoms with E-state index in [-0.39, 0.29) is 11.9 Å². The summed E-state index contributed by atoms with van der Waals surface area (Å²) >= 11 is 0. The second kappa shape index (κ2) is 8.49. The Morgan fingerprint density at radius 3 is 2.83 bits per heavy atom. The lowest BCUT2D eigenvalue weighted by molar-refractivity contribution is -0.142. The van der Waals surface area contributed by atoms with Crippen LogP contribution in [-0.4, -0.2) is 40.0 Å². The third kappa shape index (κ3) is 4.42. The molecule has 1 fully saturated rings. The molecular formula is C23H30N4O2. The lowest BCUT2D eigenvalue weighted by atomic mass is 10.00. The van der Waals surface area contributed by atoms with Crippen LogP contribution < -0.4 is 10.1 Å². The zero-order valence-corrected chi connectivity index (χ0v) is 17.6. The predicted octanol–water partition coefficient (Wildman–Crippen LogP) is 3.26. The molecule has 0 radical (unpaired) electrons. The van der Waals surface area contributed by atoms with E-state index >= 15 is 0 Å². The summed E-state index contributed by atoms with van der Waals surface area (Å²) in [6, 6.07) is 5.99. The second-order valence-electron chi connectivity index (χ2n) is 8.25. The molecule has 29 heavy (non-hydrogen) atoms. The van der Waals surface area contributed by atoms with Crippen LogP contribution in [0, 0.1) is 13.8 Å². The number of nitrogens with one attached hydrogen (secondary N) is 1. The van der Waals surface area contributed by atoms with Crippen molar-refractivity contribution in [1.29, 1.82) is 0 Å². The van der Waals surface area contributed by atoms with Crippen LogP contribution in [0.1, 0.15) is 60.4 Å². The van der Waals surface area contributed by atoms with E-state index in [1.165, 1.54) is 5.56 Å². The predicted molar refractivity (Wildman–Crippen MR) is 112 cm³/mol. The number of carbonyl (C=O) groups excluding carboxylic acids is 1. The lowest BCUT2D eigenvalue weighted by Crippen LogP contribution is -2.45. The molecule has 6 nitrogen and oxygen atoms in total. The molecular weight excluding hydrogens is 364 g/mol. The quantitative estimate of drug-likeness (QED) is 0.862. The fourth-order valence-electron chi connectivity index (χ4n) is 4.36. The minimum atomic E-state index is -0.543. The van der Waals surface area contributed by atoms with Crippen molar-refractivity contribution in [3.63, 3.8) is 0 Å². The molecule has 2 aliphatic rings. The maximum atomic E-state index is 13.3. The summed E-state index contributed by atoms with van der Waals surface area (Å²) in [7, 11) is 0. The highest BCUT2D eigenvalue weighted by Crippen LogP contribution is 2.30. The Morgan fingerprint density at radius 1 is 1.24 bits per heavy atom. The van der Waals surface area contributed by atoms with Gasteiger partial charge in [0.2, 0.25) is 0 Å². The van der Waals surface area contributed by atoms with Crippen molar-refractivity contribution in [2.75, 3.05) is 13.1 Å². The summed E-state index contributed by atoms with van der Waals surface area (Å²) in [5.41, 5.74) is 4.55. The normalized spacial score (nSPS) is 20.1. The third-order valence-corrected chi connectivity index (χ3v) is 5.77. The number of nitrogens with zero attached hydrogens (tertiary/aromatic N) is 3. The molecule has 0 aliphatic carbocycles. The number of amides is 1. The van der Waals surface area contributed by atoms with Gasteiger partial charge in [-0.2, -0.15) is 0 Å². The number of rotatable bonds is 4. The van der Waals surface area contributed by atoms with Crippen LogP contribution in [0.5, 0.6) is 5.75 Å². The first-order valence-electron chi connectivity index (χ1n) is 10.6. The Kier molecular flexibility index (Phi) is 5.81. The lowest BCUT2D eigenvalue weighted by Gasteiger charge is -2.36. The zero-order valence-electron chi connectivity index (χ0n) is 17.6. The smallest absolute Gasteiger partial charge is 0.263 e. The molecule has 0 saturated carbocycles. The highest BCUT2D eigenvalue weighted by atomic mass is 16.5. The Hall–Kier alpha value is -2.47. The van der Waals surface area contributed by atoms with Gasteiger partial charge >= 0.3 is 0 Å². The van der Waals surface area contributed by atoms with Gasteiger partial charge in [-0.05, 0) is 63.3 Å². The maximum absolute atomic E-state index is 13.3. The van der Waals surface area contributed by atoms with Gasteiger partial charge < -0.3 is 15.0 Å². The molecule has 3 heterocycles. The number of hydrogen-bond donors (Lipinski definition) is 1. The molecule has 0 spiro atoms. The van der Waals surface area contributed by atoms with E-state index in [9.17, 15) is 4.79 Å². The van der Waals surface area contributed by atoms with Crippen LogP contribution in [0.4, 0.5) is 0 Å². The highest BCUT2D eigenvalue weighted by molar-refractivity contribution is 5.81. The van der Waals surface area contributed by atoms with Crippen LogP contribution in [0.3, 0.4) is 0 Å². The standard InChI is InChI=1S/C23H30N4O2/c1-15-10-16(2)12-19(11-15)29-17(3)23(28)27-9-5-4-6-21(27)22-25-14-18-13-24-8-7-20(18)26-22/h10-12,14,17,21,24H,4-9,13H2,1-3H3/t17-,21-/m0/s1. The monoisotopic (exact) mass is 394 g/mol. The molecule has 1 aromatic carbocycles. The van der Waals surface area contributed by atoms with E-state index in [2.05, 4.69) is 16.4 Å². The second-order valence-corrected chi connectivity index (χ2v) is 8.25. The first-order valence-corrected chi connectivity index (χ1v) is 10.6. The van der Waals surface area contributed by atoms with Crippen LogP contribution in [0.15, 0.2) is 24.4 Å². The summed E-state index contributed by atoms with van der Waals surface area (Å²) in [4.78, 5) is 24.7. The Bertz CT molecular complexity index is 878. The van der Waals surface area contributed by atoms with Gasteiger partial charge in [0.1, 0.15) is 5.75 Å². The number of piperidine rings is 1. The largest absolute Gasteiger partial charge is 0.481 e. The van der Waals surface area contributed by atoms with E-state index in [0.29, 0.717) is 0 Å². The molecule has 6 heteroatoms. The van der Waals surface area contributed by atoms with Gasteiger partial charge in [0.05, 0.1) is 6.04 Å². The molecule has 2 atom stereocenters. The van der Waals surface area contributed by atoms with Crippen LogP contribution >= 0.6 is 0 Å². The number of ether oxygens (including phenoxy) is 1.